The predicted octanol–water partition coefficient (Wildman–Crippen LogP) is 2.35. The smallest absolute Gasteiger partial charge is 0.224 e. The molecule has 0 fully saturated rings. The van der Waals surface area contributed by atoms with Crippen LogP contribution in [-0.4, -0.2) is 25.2 Å². The highest BCUT2D eigenvalue weighted by Crippen LogP contribution is 2.32. The topological polar surface area (TPSA) is 73.6 Å². The molecule has 1 amide bonds. The number of hydrogen-bond donors (Lipinski definition) is 2. The zero-order chi connectivity index (χ0) is 14.8. The maximum absolute atomic E-state index is 11.4. The predicted molar refractivity (Wildman–Crippen MR) is 79.0 cm³/mol. The molecule has 0 atom stereocenters. The van der Waals surface area contributed by atoms with Crippen LogP contribution in [0.15, 0.2) is 12.1 Å². The highest BCUT2D eigenvalue weighted by Gasteiger charge is 2.19. The van der Waals surface area contributed by atoms with Crippen molar-refractivity contribution in [3.05, 3.63) is 17.7 Å². The molecule has 0 radical (unpaired) electrons. The van der Waals surface area contributed by atoms with Crippen LogP contribution in [0.25, 0.3) is 0 Å². The first-order valence-electron chi connectivity index (χ1n) is 6.81. The minimum atomic E-state index is -0.225. The van der Waals surface area contributed by atoms with Crippen LogP contribution in [0, 0.1) is 0 Å². The molecule has 0 aliphatic carbocycles. The first kappa shape index (κ1) is 14.7. The number of nitrogens with one attached hydrogen (secondary N) is 1. The van der Waals surface area contributed by atoms with Gasteiger partial charge in [-0.05, 0) is 31.9 Å². The van der Waals surface area contributed by atoms with Crippen LogP contribution in [-0.2, 0) is 16.0 Å². The van der Waals surface area contributed by atoms with Crippen LogP contribution in [0.4, 0.5) is 11.4 Å². The quantitative estimate of drug-likeness (QED) is 0.811. The van der Waals surface area contributed by atoms with Crippen molar-refractivity contribution >= 4 is 17.3 Å². The normalized spacial score (nSPS) is 14.7. The van der Waals surface area contributed by atoms with Gasteiger partial charge in [0.25, 0.3) is 0 Å². The van der Waals surface area contributed by atoms with Gasteiger partial charge < -0.3 is 20.5 Å². The van der Waals surface area contributed by atoms with Crippen LogP contribution < -0.4 is 15.8 Å². The Morgan fingerprint density at radius 3 is 2.80 bits per heavy atom. The van der Waals surface area contributed by atoms with Crippen molar-refractivity contribution in [2.75, 3.05) is 24.8 Å². The van der Waals surface area contributed by atoms with Gasteiger partial charge in [0.05, 0.1) is 17.9 Å². The minimum absolute atomic E-state index is 0.0359. The van der Waals surface area contributed by atoms with Crippen molar-refractivity contribution < 1.29 is 14.3 Å². The van der Waals surface area contributed by atoms with Crippen LogP contribution >= 0.6 is 0 Å². The fourth-order valence-electron chi connectivity index (χ4n) is 2.06. The second kappa shape index (κ2) is 5.71. The van der Waals surface area contributed by atoms with Gasteiger partial charge in [-0.25, -0.2) is 0 Å². The van der Waals surface area contributed by atoms with E-state index in [-0.39, 0.29) is 11.5 Å². The molecular formula is C15H22N2O3. The summed E-state index contributed by atoms with van der Waals surface area (Å²) in [5.74, 6) is 0.645. The molecule has 0 saturated carbocycles. The number of amides is 1. The number of ether oxygens (including phenoxy) is 2. The lowest BCUT2D eigenvalue weighted by atomic mass is 10.0. The molecule has 1 aliphatic heterocycles. The van der Waals surface area contributed by atoms with E-state index >= 15 is 0 Å². The van der Waals surface area contributed by atoms with E-state index in [9.17, 15) is 4.79 Å². The maximum atomic E-state index is 11.4. The largest absolute Gasteiger partial charge is 0.491 e. The standard InChI is InChI=1S/C15H22N2O3/c1-15(2,19-3)6-7-20-13-9-12-10(8-11(13)16)4-5-14(18)17-12/h8-9H,4-7,16H2,1-3H3,(H,17,18). The zero-order valence-electron chi connectivity index (χ0n) is 12.3. The molecule has 0 spiro atoms. The summed E-state index contributed by atoms with van der Waals surface area (Å²) in [4.78, 5) is 11.4. The molecule has 5 nitrogen and oxygen atoms in total. The molecule has 5 heteroatoms. The van der Waals surface area contributed by atoms with Crippen LogP contribution in [0.2, 0.25) is 0 Å². The van der Waals surface area contributed by atoms with Gasteiger partial charge in [-0.3, -0.25) is 4.79 Å². The number of carbonyl (C=O) groups is 1. The molecule has 2 rings (SSSR count). The van der Waals surface area contributed by atoms with E-state index < -0.39 is 0 Å². The highest BCUT2D eigenvalue weighted by atomic mass is 16.5. The number of hydrogen-bond acceptors (Lipinski definition) is 4. The molecule has 110 valence electrons. The lowest BCUT2D eigenvalue weighted by molar-refractivity contribution is -0.116. The lowest BCUT2D eigenvalue weighted by Crippen LogP contribution is -2.25. The van der Waals surface area contributed by atoms with Crippen molar-refractivity contribution in [2.45, 2.75) is 38.7 Å². The van der Waals surface area contributed by atoms with E-state index in [2.05, 4.69) is 5.32 Å². The number of anilines is 2. The summed E-state index contributed by atoms with van der Waals surface area (Å²) < 4.78 is 11.1. The Balaban J connectivity index is 2.05. The fraction of sp³-hybridized carbons (Fsp3) is 0.533. The molecular weight excluding hydrogens is 256 g/mol. The van der Waals surface area contributed by atoms with E-state index in [1.807, 2.05) is 26.0 Å². The Hall–Kier alpha value is -1.75. The summed E-state index contributed by atoms with van der Waals surface area (Å²) in [7, 11) is 1.68. The highest BCUT2D eigenvalue weighted by molar-refractivity contribution is 5.94. The van der Waals surface area contributed by atoms with Crippen LogP contribution in [0.1, 0.15) is 32.3 Å². The molecule has 0 unspecified atom stereocenters. The van der Waals surface area contributed by atoms with Gasteiger partial charge in [0.2, 0.25) is 5.91 Å². The second-order valence-electron chi connectivity index (χ2n) is 5.66. The lowest BCUT2D eigenvalue weighted by Gasteiger charge is -2.23. The molecule has 20 heavy (non-hydrogen) atoms. The van der Waals surface area contributed by atoms with Crippen molar-refractivity contribution in [3.8, 4) is 5.75 Å². The number of nitrogen functional groups attached to an aromatic ring is 1. The molecule has 0 saturated heterocycles. The Bertz CT molecular complexity index is 512. The molecule has 1 aromatic rings. The molecule has 1 heterocycles. The number of nitrogens with two attached hydrogens (primary N) is 1. The summed E-state index contributed by atoms with van der Waals surface area (Å²) >= 11 is 0. The average Bonchev–Trinajstić information content (AvgIpc) is 2.40. The summed E-state index contributed by atoms with van der Waals surface area (Å²) in [5.41, 5.74) is 8.24. The van der Waals surface area contributed by atoms with E-state index in [1.165, 1.54) is 0 Å². The SMILES string of the molecule is COC(C)(C)CCOc1cc2c(cc1N)CCC(=O)N2. The summed E-state index contributed by atoms with van der Waals surface area (Å²) in [5, 5.41) is 2.85. The van der Waals surface area contributed by atoms with Crippen molar-refractivity contribution in [1.29, 1.82) is 0 Å². The number of carbonyl (C=O) groups excluding carboxylic acids is 1. The van der Waals surface area contributed by atoms with Gasteiger partial charge in [0.15, 0.2) is 0 Å². The third kappa shape index (κ3) is 3.42. The molecule has 1 aliphatic rings. The van der Waals surface area contributed by atoms with Gasteiger partial charge in [0.1, 0.15) is 5.75 Å². The van der Waals surface area contributed by atoms with Gasteiger partial charge in [0, 0.05) is 31.7 Å². The maximum Gasteiger partial charge on any atom is 0.224 e. The minimum Gasteiger partial charge on any atom is -0.491 e. The molecule has 0 aromatic heterocycles. The Labute approximate surface area is 119 Å². The van der Waals surface area contributed by atoms with E-state index in [4.69, 9.17) is 15.2 Å². The Morgan fingerprint density at radius 2 is 2.10 bits per heavy atom. The zero-order valence-corrected chi connectivity index (χ0v) is 12.3. The van der Waals surface area contributed by atoms with Crippen molar-refractivity contribution in [2.24, 2.45) is 0 Å². The van der Waals surface area contributed by atoms with E-state index in [0.29, 0.717) is 24.5 Å². The summed E-state index contributed by atoms with van der Waals surface area (Å²) in [6.45, 7) is 4.53. The Kier molecular flexibility index (Phi) is 4.18. The van der Waals surface area contributed by atoms with E-state index in [1.54, 1.807) is 7.11 Å². The van der Waals surface area contributed by atoms with Crippen LogP contribution in [0.3, 0.4) is 0 Å². The van der Waals surface area contributed by atoms with Crippen LogP contribution in [0.5, 0.6) is 5.75 Å². The van der Waals surface area contributed by atoms with Gasteiger partial charge in [-0.1, -0.05) is 0 Å². The first-order valence-corrected chi connectivity index (χ1v) is 6.81. The number of aryl methyl sites for hydroxylation is 1. The summed E-state index contributed by atoms with van der Waals surface area (Å²) in [6.07, 6.45) is 1.99. The fourth-order valence-corrected chi connectivity index (χ4v) is 2.06. The molecule has 3 N–H and O–H groups in total. The van der Waals surface area contributed by atoms with Crippen molar-refractivity contribution in [3.63, 3.8) is 0 Å². The average molecular weight is 278 g/mol. The number of methoxy groups -OCH3 is 1. The van der Waals surface area contributed by atoms with Crippen molar-refractivity contribution in [1.82, 2.24) is 0 Å². The van der Waals surface area contributed by atoms with Gasteiger partial charge in [-0.15, -0.1) is 0 Å². The Morgan fingerprint density at radius 1 is 1.35 bits per heavy atom. The summed E-state index contributed by atoms with van der Waals surface area (Å²) in [6, 6.07) is 3.69. The third-order valence-electron chi connectivity index (χ3n) is 3.65. The molecule has 0 bridgehead atoms. The van der Waals surface area contributed by atoms with Gasteiger partial charge >= 0.3 is 0 Å². The number of rotatable bonds is 5. The number of benzene rings is 1. The van der Waals surface area contributed by atoms with Gasteiger partial charge in [-0.2, -0.15) is 0 Å². The first-order chi connectivity index (χ1) is 9.41. The van der Waals surface area contributed by atoms with E-state index in [0.717, 1.165) is 24.1 Å². The monoisotopic (exact) mass is 278 g/mol. The number of fused-ring (bicyclic) bond motifs is 1. The second-order valence-corrected chi connectivity index (χ2v) is 5.66. The third-order valence-corrected chi connectivity index (χ3v) is 3.65. The molecule has 1 aromatic carbocycles.